The molecule has 4 rings (SSSR count). The number of nitrogens with zero attached hydrogens (tertiary/aromatic N) is 1. The van der Waals surface area contributed by atoms with E-state index < -0.39 is 27.3 Å². The Kier molecular flexibility index (Phi) is 10.4. The van der Waals surface area contributed by atoms with E-state index in [9.17, 15) is 18.3 Å². The molecule has 0 bridgehead atoms. The fraction of sp³-hybridized carbons (Fsp3) is 0.485. The minimum absolute atomic E-state index is 0.211. The first-order valence-electron chi connectivity index (χ1n) is 14.7. The lowest BCUT2D eigenvalue weighted by Crippen LogP contribution is -2.51. The van der Waals surface area contributed by atoms with Crippen LogP contribution < -0.4 is 14.4 Å². The molecule has 0 spiro atoms. The molecule has 2 aromatic carbocycles. The first-order chi connectivity index (χ1) is 20.0. The molecule has 9 heteroatoms. The van der Waals surface area contributed by atoms with E-state index in [1.807, 2.05) is 18.2 Å². The van der Waals surface area contributed by atoms with Gasteiger partial charge in [-0.25, -0.2) is 13.1 Å². The molecule has 1 aliphatic heterocycles. The molecule has 1 saturated carbocycles. The second-order valence-corrected chi connectivity index (χ2v) is 14.4. The third kappa shape index (κ3) is 7.21. The van der Waals surface area contributed by atoms with Gasteiger partial charge in [0.15, 0.2) is 0 Å². The van der Waals surface area contributed by atoms with Gasteiger partial charge >= 0.3 is 0 Å². The molecule has 0 radical (unpaired) electrons. The number of aliphatic hydroxyl groups is 1. The number of amides is 1. The summed E-state index contributed by atoms with van der Waals surface area (Å²) < 4.78 is 34.3. The highest BCUT2D eigenvalue weighted by molar-refractivity contribution is 7.90. The maximum Gasteiger partial charge on any atom is 0.264 e. The van der Waals surface area contributed by atoms with Gasteiger partial charge in [-0.2, -0.15) is 0 Å². The zero-order valence-corrected chi connectivity index (χ0v) is 26.2. The smallest absolute Gasteiger partial charge is 0.264 e. The Morgan fingerprint density at radius 3 is 2.71 bits per heavy atom. The molecule has 42 heavy (non-hydrogen) atoms. The Hall–Kier alpha value is -2.81. The van der Waals surface area contributed by atoms with Crippen LogP contribution in [0.5, 0.6) is 5.75 Å². The van der Waals surface area contributed by atoms with Crippen LogP contribution in [0, 0.1) is 11.3 Å². The van der Waals surface area contributed by atoms with Crippen LogP contribution in [0.4, 0.5) is 5.69 Å². The number of rotatable bonds is 10. The second kappa shape index (κ2) is 13.7. The maximum atomic E-state index is 13.3. The molecule has 0 saturated heterocycles. The van der Waals surface area contributed by atoms with Crippen molar-refractivity contribution in [3.05, 3.63) is 83.4 Å². The molecule has 2 aliphatic rings. The van der Waals surface area contributed by atoms with Crippen LogP contribution in [0.3, 0.4) is 0 Å². The normalized spacial score (nSPS) is 22.2. The largest absolute Gasteiger partial charge is 0.487 e. The number of nitrogens with one attached hydrogen (secondary N) is 1. The summed E-state index contributed by atoms with van der Waals surface area (Å²) in [6, 6.07) is 10.9. The summed E-state index contributed by atoms with van der Waals surface area (Å²) >= 11 is 6.30. The van der Waals surface area contributed by atoms with E-state index in [-0.39, 0.29) is 16.9 Å². The third-order valence-electron chi connectivity index (χ3n) is 9.08. The summed E-state index contributed by atoms with van der Waals surface area (Å²) in [6.45, 7) is 12.9. The van der Waals surface area contributed by atoms with Crippen LogP contribution in [0.25, 0.3) is 0 Å². The second-order valence-electron chi connectivity index (χ2n) is 11.9. The molecule has 1 aliphatic carbocycles. The summed E-state index contributed by atoms with van der Waals surface area (Å²) in [5.41, 5.74) is 2.91. The molecule has 1 amide bonds. The Balaban J connectivity index is 1.67. The van der Waals surface area contributed by atoms with Crippen molar-refractivity contribution in [1.82, 2.24) is 4.72 Å². The Labute approximate surface area is 255 Å². The molecular formula is C33H43ClN2O5S. The molecule has 0 aromatic heterocycles. The molecule has 0 unspecified atom stereocenters. The van der Waals surface area contributed by atoms with Crippen LogP contribution >= 0.6 is 11.6 Å². The zero-order valence-electron chi connectivity index (χ0n) is 24.6. The quantitative estimate of drug-likeness (QED) is 0.299. The maximum absolute atomic E-state index is 13.3. The first kappa shape index (κ1) is 32.1. The van der Waals surface area contributed by atoms with Gasteiger partial charge in [0, 0.05) is 29.1 Å². The topological polar surface area (TPSA) is 95.9 Å². The number of anilines is 1. The monoisotopic (exact) mass is 614 g/mol. The first-order valence-corrected chi connectivity index (χ1v) is 16.7. The average Bonchev–Trinajstić information content (AvgIpc) is 2.99. The molecule has 1 heterocycles. The van der Waals surface area contributed by atoms with E-state index in [1.165, 1.54) is 0 Å². The van der Waals surface area contributed by atoms with Gasteiger partial charge in [0.2, 0.25) is 10.0 Å². The predicted octanol–water partition coefficient (Wildman–Crippen LogP) is 6.44. The van der Waals surface area contributed by atoms with Crippen molar-refractivity contribution in [3.63, 3.8) is 0 Å². The van der Waals surface area contributed by atoms with Gasteiger partial charge in [-0.3, -0.25) is 4.79 Å². The summed E-state index contributed by atoms with van der Waals surface area (Å²) in [6.07, 6.45) is 8.16. The van der Waals surface area contributed by atoms with Gasteiger partial charge in [0.25, 0.3) is 5.91 Å². The molecule has 2 N–H and O–H groups in total. The summed E-state index contributed by atoms with van der Waals surface area (Å²) in [5, 5.41) is 10.7. The van der Waals surface area contributed by atoms with Crippen molar-refractivity contribution in [2.24, 2.45) is 11.3 Å². The van der Waals surface area contributed by atoms with Gasteiger partial charge in [-0.15, -0.1) is 13.2 Å². The number of hydrogen-bond donors (Lipinski definition) is 2. The molecule has 1 fully saturated rings. The zero-order chi connectivity index (χ0) is 30.5. The van der Waals surface area contributed by atoms with Crippen LogP contribution in [0.2, 0.25) is 5.02 Å². The molecular weight excluding hydrogens is 572 g/mol. The lowest BCUT2D eigenvalue weighted by atomic mass is 9.58. The minimum atomic E-state index is -3.86. The average molecular weight is 615 g/mol. The summed E-state index contributed by atoms with van der Waals surface area (Å²) in [5.74, 6) is 0.151. The Morgan fingerprint density at radius 2 is 2.02 bits per heavy atom. The van der Waals surface area contributed by atoms with Gasteiger partial charge in [-0.05, 0) is 99.2 Å². The minimum Gasteiger partial charge on any atom is -0.487 e. The van der Waals surface area contributed by atoms with Gasteiger partial charge in [0.05, 0.1) is 17.0 Å². The molecule has 228 valence electrons. The number of aryl methyl sites for hydroxylation is 1. The van der Waals surface area contributed by atoms with E-state index in [4.69, 9.17) is 16.3 Å². The summed E-state index contributed by atoms with van der Waals surface area (Å²) in [4.78, 5) is 15.5. The number of allylic oxidation sites excluding steroid dienone is 1. The van der Waals surface area contributed by atoms with Crippen LogP contribution in [-0.2, 0) is 23.1 Å². The number of sulfonamides is 1. The third-order valence-corrected chi connectivity index (χ3v) is 11.1. The van der Waals surface area contributed by atoms with E-state index >= 15 is 0 Å². The Morgan fingerprint density at radius 1 is 1.24 bits per heavy atom. The van der Waals surface area contributed by atoms with Crippen molar-refractivity contribution in [3.8, 4) is 5.75 Å². The lowest BCUT2D eigenvalue weighted by molar-refractivity contribution is -0.0464. The highest BCUT2D eigenvalue weighted by Crippen LogP contribution is 2.50. The van der Waals surface area contributed by atoms with Crippen molar-refractivity contribution in [2.45, 2.75) is 76.8 Å². The van der Waals surface area contributed by atoms with Crippen LogP contribution in [0.15, 0.2) is 61.7 Å². The van der Waals surface area contributed by atoms with Gasteiger partial charge in [0.1, 0.15) is 12.4 Å². The number of aliphatic hydroxyl groups excluding tert-OH is 1. The predicted molar refractivity (Wildman–Crippen MR) is 170 cm³/mol. The highest BCUT2D eigenvalue weighted by Gasteiger charge is 2.47. The van der Waals surface area contributed by atoms with E-state index in [0.29, 0.717) is 43.3 Å². The van der Waals surface area contributed by atoms with Crippen LogP contribution in [-0.4, -0.2) is 43.9 Å². The Bertz CT molecular complexity index is 1410. The van der Waals surface area contributed by atoms with E-state index in [1.54, 1.807) is 37.3 Å². The van der Waals surface area contributed by atoms with Gasteiger partial charge in [-0.1, -0.05) is 36.7 Å². The molecule has 7 nitrogen and oxygen atoms in total. The number of carbonyl (C=O) groups is 1. The number of carbonyl (C=O) groups excluding carboxylic acids is 1. The highest BCUT2D eigenvalue weighted by atomic mass is 35.5. The van der Waals surface area contributed by atoms with Crippen molar-refractivity contribution in [1.29, 1.82) is 0 Å². The van der Waals surface area contributed by atoms with Crippen LogP contribution in [0.1, 0.15) is 73.9 Å². The number of ether oxygens (including phenoxy) is 1. The standard InChI is InChI=1S/C33H43ClN2O5S/c1-5-7-10-23(3)42(39,40)35-32(38)25-13-15-30-29(20-25)36(21-27-16-17-33(27,4)31(37)6-2)18-9-8-11-24-19-28(34)14-12-26(24)22-41-30/h5-6,12-15,19-20,23,27,31,37H,1-2,7-11,16-18,21-22H2,3-4H3,(H,35,38)/t23-,27-,31+,33+/m1/s1. The number of halogens is 1. The number of hydrogen-bond acceptors (Lipinski definition) is 6. The summed E-state index contributed by atoms with van der Waals surface area (Å²) in [7, 11) is -3.86. The number of fused-ring (bicyclic) bond motifs is 2. The van der Waals surface area contributed by atoms with Crippen molar-refractivity contribution < 1.29 is 23.1 Å². The van der Waals surface area contributed by atoms with E-state index in [0.717, 1.165) is 48.9 Å². The number of benzene rings is 2. The fourth-order valence-electron chi connectivity index (χ4n) is 5.90. The van der Waals surface area contributed by atoms with Gasteiger partial charge < -0.3 is 14.7 Å². The van der Waals surface area contributed by atoms with E-state index in [2.05, 4.69) is 29.7 Å². The van der Waals surface area contributed by atoms with Crippen molar-refractivity contribution in [2.75, 3.05) is 18.0 Å². The van der Waals surface area contributed by atoms with Crippen molar-refractivity contribution >= 4 is 33.2 Å². The SMILES string of the molecule is C=CCC[C@@H](C)S(=O)(=O)NC(=O)c1ccc2c(c1)N(C[C@H]1CC[C@]1(C)[C@@H](O)C=C)CCCCc1cc(Cl)ccc1CO2. The fourth-order valence-corrected chi connectivity index (χ4v) is 7.12. The molecule has 2 aromatic rings. The lowest BCUT2D eigenvalue weighted by Gasteiger charge is -2.51. The molecule has 4 atom stereocenters.